The maximum atomic E-state index is 12.1. The number of hydrogen-bond acceptors (Lipinski definition) is 4. The summed E-state index contributed by atoms with van der Waals surface area (Å²) >= 11 is 0. The first-order valence-electron chi connectivity index (χ1n) is 7.49. The van der Waals surface area contributed by atoms with Gasteiger partial charge in [0.15, 0.2) is 0 Å². The largest absolute Gasteiger partial charge is 0.480 e. The van der Waals surface area contributed by atoms with Crippen LogP contribution in [0.5, 0.6) is 0 Å². The molecule has 0 bridgehead atoms. The van der Waals surface area contributed by atoms with E-state index in [0.717, 1.165) is 16.5 Å². The van der Waals surface area contributed by atoms with E-state index in [4.69, 9.17) is 10.8 Å². The summed E-state index contributed by atoms with van der Waals surface area (Å²) < 4.78 is 0. The number of hydrogen-bond donors (Lipinski definition) is 5. The SMILES string of the molecule is C[C@H](NC(=O)[C@@H](N)Cc1c[nH]c2ccccc12)C(=O)NCC(=O)O. The van der Waals surface area contributed by atoms with Crippen molar-refractivity contribution in [2.24, 2.45) is 5.73 Å². The average molecular weight is 332 g/mol. The highest BCUT2D eigenvalue weighted by atomic mass is 16.4. The molecule has 2 aromatic rings. The highest BCUT2D eigenvalue weighted by molar-refractivity contribution is 5.91. The molecule has 24 heavy (non-hydrogen) atoms. The summed E-state index contributed by atoms with van der Waals surface area (Å²) in [7, 11) is 0. The fourth-order valence-electron chi connectivity index (χ4n) is 2.33. The van der Waals surface area contributed by atoms with Gasteiger partial charge in [0.2, 0.25) is 11.8 Å². The number of aromatic nitrogens is 1. The number of fused-ring (bicyclic) bond motifs is 1. The van der Waals surface area contributed by atoms with Gasteiger partial charge in [-0.2, -0.15) is 0 Å². The van der Waals surface area contributed by atoms with Gasteiger partial charge in [0.05, 0.1) is 6.04 Å². The fourth-order valence-corrected chi connectivity index (χ4v) is 2.33. The molecular formula is C16H20N4O4. The molecule has 0 radical (unpaired) electrons. The van der Waals surface area contributed by atoms with Crippen molar-refractivity contribution in [2.45, 2.75) is 25.4 Å². The molecule has 1 aromatic heterocycles. The molecule has 0 aliphatic carbocycles. The van der Waals surface area contributed by atoms with Gasteiger partial charge in [0, 0.05) is 17.1 Å². The number of benzene rings is 1. The number of amides is 2. The van der Waals surface area contributed by atoms with Crippen molar-refractivity contribution in [1.82, 2.24) is 15.6 Å². The summed E-state index contributed by atoms with van der Waals surface area (Å²) in [5.74, 6) is -2.21. The van der Waals surface area contributed by atoms with Crippen LogP contribution in [0.2, 0.25) is 0 Å². The predicted octanol–water partition coefficient (Wildman–Crippen LogP) is -0.257. The highest BCUT2D eigenvalue weighted by Crippen LogP contribution is 2.18. The van der Waals surface area contributed by atoms with Crippen molar-refractivity contribution in [1.29, 1.82) is 0 Å². The van der Waals surface area contributed by atoms with Crippen LogP contribution in [0.4, 0.5) is 0 Å². The van der Waals surface area contributed by atoms with Crippen molar-refractivity contribution >= 4 is 28.7 Å². The Balaban J connectivity index is 1.92. The van der Waals surface area contributed by atoms with Gasteiger partial charge in [0.25, 0.3) is 0 Å². The Morgan fingerprint density at radius 3 is 2.67 bits per heavy atom. The van der Waals surface area contributed by atoms with E-state index >= 15 is 0 Å². The quantitative estimate of drug-likeness (QED) is 0.476. The van der Waals surface area contributed by atoms with Gasteiger partial charge in [-0.3, -0.25) is 14.4 Å². The maximum absolute atomic E-state index is 12.1. The normalized spacial score (nSPS) is 13.2. The molecule has 128 valence electrons. The number of carbonyl (C=O) groups excluding carboxylic acids is 2. The summed E-state index contributed by atoms with van der Waals surface area (Å²) in [6.45, 7) is 0.966. The Kier molecular flexibility index (Phi) is 5.54. The van der Waals surface area contributed by atoms with Crippen LogP contribution in [-0.2, 0) is 20.8 Å². The maximum Gasteiger partial charge on any atom is 0.322 e. The zero-order valence-corrected chi connectivity index (χ0v) is 13.2. The van der Waals surface area contributed by atoms with Crippen LogP contribution in [0.1, 0.15) is 12.5 Å². The third-order valence-electron chi connectivity index (χ3n) is 3.62. The highest BCUT2D eigenvalue weighted by Gasteiger charge is 2.21. The molecule has 1 heterocycles. The van der Waals surface area contributed by atoms with Crippen molar-refractivity contribution in [3.63, 3.8) is 0 Å². The van der Waals surface area contributed by atoms with E-state index in [-0.39, 0.29) is 0 Å². The van der Waals surface area contributed by atoms with E-state index in [1.807, 2.05) is 24.3 Å². The Morgan fingerprint density at radius 1 is 1.25 bits per heavy atom. The molecular weight excluding hydrogens is 312 g/mol. The van der Waals surface area contributed by atoms with Crippen LogP contribution in [0.25, 0.3) is 10.9 Å². The Bertz CT molecular complexity index is 755. The van der Waals surface area contributed by atoms with Gasteiger partial charge in [-0.15, -0.1) is 0 Å². The first-order chi connectivity index (χ1) is 11.4. The third-order valence-corrected chi connectivity index (χ3v) is 3.62. The molecule has 8 nitrogen and oxygen atoms in total. The van der Waals surface area contributed by atoms with Gasteiger partial charge >= 0.3 is 5.97 Å². The second-order valence-corrected chi connectivity index (χ2v) is 5.51. The second-order valence-electron chi connectivity index (χ2n) is 5.51. The van der Waals surface area contributed by atoms with Crippen LogP contribution in [0.15, 0.2) is 30.5 Å². The lowest BCUT2D eigenvalue weighted by Gasteiger charge is -2.16. The number of para-hydroxylation sites is 1. The molecule has 0 unspecified atom stereocenters. The number of H-pyrrole nitrogens is 1. The van der Waals surface area contributed by atoms with Crippen molar-refractivity contribution < 1.29 is 19.5 Å². The smallest absolute Gasteiger partial charge is 0.322 e. The molecule has 0 fully saturated rings. The van der Waals surface area contributed by atoms with Crippen LogP contribution in [0, 0.1) is 0 Å². The molecule has 0 aliphatic rings. The molecule has 2 atom stereocenters. The summed E-state index contributed by atoms with van der Waals surface area (Å²) in [5, 5.41) is 14.2. The van der Waals surface area contributed by atoms with Crippen LogP contribution in [0.3, 0.4) is 0 Å². The van der Waals surface area contributed by atoms with Gasteiger partial charge in [-0.1, -0.05) is 18.2 Å². The number of rotatable bonds is 7. The van der Waals surface area contributed by atoms with Crippen LogP contribution in [-0.4, -0.2) is 46.5 Å². The molecule has 2 rings (SSSR count). The number of aliphatic carboxylic acids is 1. The first-order valence-corrected chi connectivity index (χ1v) is 7.49. The monoisotopic (exact) mass is 332 g/mol. The molecule has 0 saturated heterocycles. The third kappa shape index (κ3) is 4.32. The first kappa shape index (κ1) is 17.5. The second kappa shape index (κ2) is 7.60. The summed E-state index contributed by atoms with van der Waals surface area (Å²) in [5.41, 5.74) is 7.79. The van der Waals surface area contributed by atoms with E-state index in [2.05, 4.69) is 15.6 Å². The van der Waals surface area contributed by atoms with E-state index in [1.54, 1.807) is 6.20 Å². The standard InChI is InChI=1S/C16H20N4O4/c1-9(15(23)19-8-14(21)22)20-16(24)12(17)6-10-7-18-13-5-3-2-4-11(10)13/h2-5,7,9,12,18H,6,8,17H2,1H3,(H,19,23)(H,20,24)(H,21,22)/t9-,12-/m0/s1. The molecule has 8 heteroatoms. The van der Waals surface area contributed by atoms with Gasteiger partial charge in [0.1, 0.15) is 12.6 Å². The Morgan fingerprint density at radius 2 is 1.96 bits per heavy atom. The van der Waals surface area contributed by atoms with Crippen molar-refractivity contribution in [3.05, 3.63) is 36.0 Å². The predicted molar refractivity (Wildman–Crippen MR) is 88.2 cm³/mol. The van der Waals surface area contributed by atoms with E-state index in [9.17, 15) is 14.4 Å². The molecule has 0 spiro atoms. The number of nitrogens with two attached hydrogens (primary N) is 1. The van der Waals surface area contributed by atoms with E-state index in [0.29, 0.717) is 6.42 Å². The Labute approximate surface area is 138 Å². The molecule has 1 aromatic carbocycles. The van der Waals surface area contributed by atoms with Crippen LogP contribution < -0.4 is 16.4 Å². The zero-order valence-electron chi connectivity index (χ0n) is 13.2. The zero-order chi connectivity index (χ0) is 17.7. The molecule has 2 amide bonds. The lowest BCUT2D eigenvalue weighted by molar-refractivity contribution is -0.138. The topological polar surface area (TPSA) is 137 Å². The van der Waals surface area contributed by atoms with Crippen molar-refractivity contribution in [3.8, 4) is 0 Å². The summed E-state index contributed by atoms with van der Waals surface area (Å²) in [6, 6.07) is 5.99. The Hall–Kier alpha value is -2.87. The molecule has 0 aliphatic heterocycles. The lowest BCUT2D eigenvalue weighted by Crippen LogP contribution is -2.51. The minimum Gasteiger partial charge on any atom is -0.480 e. The van der Waals surface area contributed by atoms with Gasteiger partial charge in [-0.25, -0.2) is 0 Å². The van der Waals surface area contributed by atoms with E-state index < -0.39 is 36.4 Å². The number of carboxylic acid groups (broad SMARTS) is 1. The van der Waals surface area contributed by atoms with Crippen LogP contribution >= 0.6 is 0 Å². The number of nitrogens with one attached hydrogen (secondary N) is 3. The summed E-state index contributed by atoms with van der Waals surface area (Å²) in [6.07, 6.45) is 2.13. The molecule has 0 saturated carbocycles. The fraction of sp³-hybridized carbons (Fsp3) is 0.312. The lowest BCUT2D eigenvalue weighted by atomic mass is 10.0. The number of carbonyl (C=O) groups is 3. The van der Waals surface area contributed by atoms with Gasteiger partial charge in [-0.05, 0) is 25.0 Å². The summed E-state index contributed by atoms with van der Waals surface area (Å²) in [4.78, 5) is 37.3. The average Bonchev–Trinajstić information content (AvgIpc) is 2.95. The van der Waals surface area contributed by atoms with Gasteiger partial charge < -0.3 is 26.5 Å². The van der Waals surface area contributed by atoms with Crippen molar-refractivity contribution in [2.75, 3.05) is 6.54 Å². The van der Waals surface area contributed by atoms with E-state index in [1.165, 1.54) is 6.92 Å². The minimum atomic E-state index is -1.15. The number of aromatic amines is 1. The minimum absolute atomic E-state index is 0.319. The number of carboxylic acids is 1. The molecule has 6 N–H and O–H groups in total.